The highest BCUT2D eigenvalue weighted by Crippen LogP contribution is 2.37. The number of fused-ring (bicyclic) bond motifs is 6. The molecule has 2 aromatic heterocycles. The van der Waals surface area contributed by atoms with Crippen molar-refractivity contribution in [3.8, 4) is 11.4 Å². The lowest BCUT2D eigenvalue weighted by molar-refractivity contribution is 0.426. The smallest absolute Gasteiger partial charge is 0.423 e. The average molecular weight is 543 g/mol. The Morgan fingerprint density at radius 2 is 0.929 bits per heavy atom. The van der Waals surface area contributed by atoms with Gasteiger partial charge in [0.2, 0.25) is 0 Å². The van der Waals surface area contributed by atoms with E-state index in [9.17, 15) is 10.0 Å². The first kappa shape index (κ1) is 24.5. The third-order valence-corrected chi connectivity index (χ3v) is 8.12. The van der Waals surface area contributed by atoms with Crippen LogP contribution in [0.3, 0.4) is 0 Å². The van der Waals surface area contributed by atoms with Crippen LogP contribution >= 0.6 is 0 Å². The van der Waals surface area contributed by atoms with Crippen LogP contribution in [0.1, 0.15) is 0 Å². The molecule has 0 amide bonds. The lowest BCUT2D eigenvalue weighted by atomic mass is 9.78. The van der Waals surface area contributed by atoms with Crippen LogP contribution in [-0.2, 0) is 0 Å². The zero-order chi connectivity index (χ0) is 28.2. The molecule has 0 radical (unpaired) electrons. The minimum atomic E-state index is -1.60. The Morgan fingerprint density at radius 1 is 0.452 bits per heavy atom. The van der Waals surface area contributed by atoms with E-state index in [0.29, 0.717) is 11.2 Å². The van der Waals surface area contributed by atoms with Crippen LogP contribution in [0.15, 0.2) is 140 Å². The van der Waals surface area contributed by atoms with E-state index in [0.717, 1.165) is 38.9 Å². The summed E-state index contributed by atoms with van der Waals surface area (Å²) in [4.78, 5) is 0. The quantitative estimate of drug-likeness (QED) is 0.200. The minimum absolute atomic E-state index is 0.414. The Hall–Kier alpha value is -5.30. The summed E-state index contributed by atoms with van der Waals surface area (Å²) in [6.07, 6.45) is 0. The molecule has 0 aliphatic carbocycles. The summed E-state index contributed by atoms with van der Waals surface area (Å²) in [5, 5.41) is 28.4. The highest BCUT2D eigenvalue weighted by molar-refractivity contribution is 6.60. The molecule has 0 atom stereocenters. The number of para-hydroxylation sites is 4. The second kappa shape index (κ2) is 9.66. The molecule has 8 aromatic rings. The number of anilines is 2. The van der Waals surface area contributed by atoms with E-state index in [2.05, 4.69) is 105 Å². The fraction of sp³-hybridized carbons (Fsp3) is 0. The summed E-state index contributed by atoms with van der Waals surface area (Å²) < 4.78 is 4.58. The fourth-order valence-corrected chi connectivity index (χ4v) is 6.27. The molecule has 6 aromatic carbocycles. The minimum Gasteiger partial charge on any atom is -0.423 e. The van der Waals surface area contributed by atoms with Crippen molar-refractivity contribution in [3.05, 3.63) is 140 Å². The highest BCUT2D eigenvalue weighted by Gasteiger charge is 2.20. The largest absolute Gasteiger partial charge is 0.490 e. The number of benzene rings is 6. The van der Waals surface area contributed by atoms with Crippen molar-refractivity contribution in [1.29, 1.82) is 0 Å². The predicted octanol–water partition coefficient (Wildman–Crippen LogP) is 7.30. The van der Waals surface area contributed by atoms with E-state index in [4.69, 9.17) is 0 Å². The topological polar surface area (TPSA) is 62.4 Å². The van der Waals surface area contributed by atoms with Gasteiger partial charge in [0, 0.05) is 49.8 Å². The van der Waals surface area contributed by atoms with Crippen LogP contribution in [0.5, 0.6) is 0 Å². The summed E-state index contributed by atoms with van der Waals surface area (Å²) in [6.45, 7) is 0. The van der Waals surface area contributed by atoms with Gasteiger partial charge in [-0.05, 0) is 60.7 Å². The molecule has 0 saturated carbocycles. The molecular weight excluding hydrogens is 517 g/mol. The van der Waals surface area contributed by atoms with Crippen LogP contribution in [0.4, 0.5) is 11.4 Å². The summed E-state index contributed by atoms with van der Waals surface area (Å²) in [6, 6.07) is 47.7. The first-order valence-corrected chi connectivity index (χ1v) is 14.0. The summed E-state index contributed by atoms with van der Waals surface area (Å²) in [7, 11) is -1.60. The second-order valence-corrected chi connectivity index (χ2v) is 10.6. The number of aromatic nitrogens is 2. The molecule has 5 nitrogen and oxygen atoms in total. The number of rotatable bonds is 5. The molecule has 3 N–H and O–H groups in total. The van der Waals surface area contributed by atoms with Gasteiger partial charge >= 0.3 is 7.12 Å². The standard InChI is InChI=1S/C36H26BN3O2/c41-37(42)31-20-18-26(23-32(31)38-24-10-2-1-3-11-24)40-35-17-9-6-14-29(35)30-22-25(19-21-36(30)40)39-33-15-7-4-12-27(33)28-13-5-8-16-34(28)39/h1-23,38,41-42H. The molecule has 0 saturated heterocycles. The predicted molar refractivity (Wildman–Crippen MR) is 175 cm³/mol. The third-order valence-electron chi connectivity index (χ3n) is 8.12. The van der Waals surface area contributed by atoms with E-state index >= 15 is 0 Å². The molecule has 6 heteroatoms. The van der Waals surface area contributed by atoms with Crippen molar-refractivity contribution in [1.82, 2.24) is 9.13 Å². The monoisotopic (exact) mass is 543 g/mol. The van der Waals surface area contributed by atoms with Crippen molar-refractivity contribution in [2.75, 3.05) is 5.32 Å². The van der Waals surface area contributed by atoms with Crippen LogP contribution in [0.2, 0.25) is 0 Å². The van der Waals surface area contributed by atoms with Crippen molar-refractivity contribution >= 4 is 67.6 Å². The molecule has 0 fully saturated rings. The van der Waals surface area contributed by atoms with Crippen molar-refractivity contribution < 1.29 is 10.0 Å². The Bertz CT molecular complexity index is 2210. The van der Waals surface area contributed by atoms with Gasteiger partial charge in [-0.1, -0.05) is 78.9 Å². The Labute approximate surface area is 242 Å². The Kier molecular flexibility index (Phi) is 5.64. The van der Waals surface area contributed by atoms with Crippen LogP contribution in [0, 0.1) is 0 Å². The fourth-order valence-electron chi connectivity index (χ4n) is 6.27. The molecule has 0 aliphatic heterocycles. The highest BCUT2D eigenvalue weighted by atomic mass is 16.4. The van der Waals surface area contributed by atoms with Gasteiger partial charge in [-0.3, -0.25) is 0 Å². The molecule has 2 heterocycles. The number of hydrogen-bond donors (Lipinski definition) is 3. The number of nitrogens with zero attached hydrogens (tertiary/aromatic N) is 2. The molecule has 200 valence electrons. The maximum absolute atomic E-state index is 10.1. The van der Waals surface area contributed by atoms with Gasteiger partial charge in [-0.2, -0.15) is 0 Å². The Morgan fingerprint density at radius 3 is 1.52 bits per heavy atom. The van der Waals surface area contributed by atoms with Gasteiger partial charge in [-0.25, -0.2) is 0 Å². The Balaban J connectivity index is 1.35. The molecular formula is C36H26BN3O2. The third kappa shape index (κ3) is 3.81. The van der Waals surface area contributed by atoms with Gasteiger partial charge in [-0.15, -0.1) is 0 Å². The summed E-state index contributed by atoms with van der Waals surface area (Å²) >= 11 is 0. The molecule has 0 aliphatic rings. The van der Waals surface area contributed by atoms with Crippen LogP contribution in [-0.4, -0.2) is 26.3 Å². The van der Waals surface area contributed by atoms with Gasteiger partial charge in [0.25, 0.3) is 0 Å². The van der Waals surface area contributed by atoms with Gasteiger partial charge in [0.05, 0.1) is 22.1 Å². The van der Waals surface area contributed by atoms with E-state index in [-0.39, 0.29) is 0 Å². The summed E-state index contributed by atoms with van der Waals surface area (Å²) in [5.41, 5.74) is 8.46. The van der Waals surface area contributed by atoms with Crippen molar-refractivity contribution in [3.63, 3.8) is 0 Å². The van der Waals surface area contributed by atoms with Crippen LogP contribution in [0.25, 0.3) is 55.0 Å². The molecule has 0 spiro atoms. The average Bonchev–Trinajstić information content (AvgIpc) is 3.54. The zero-order valence-electron chi connectivity index (χ0n) is 22.6. The van der Waals surface area contributed by atoms with E-state index in [1.54, 1.807) is 6.07 Å². The van der Waals surface area contributed by atoms with E-state index < -0.39 is 7.12 Å². The number of hydrogen-bond acceptors (Lipinski definition) is 3. The molecule has 0 bridgehead atoms. The van der Waals surface area contributed by atoms with Crippen molar-refractivity contribution in [2.24, 2.45) is 0 Å². The maximum Gasteiger partial charge on any atom is 0.490 e. The van der Waals surface area contributed by atoms with Gasteiger partial charge in [0.15, 0.2) is 0 Å². The van der Waals surface area contributed by atoms with Crippen molar-refractivity contribution in [2.45, 2.75) is 0 Å². The molecule has 42 heavy (non-hydrogen) atoms. The lowest BCUT2D eigenvalue weighted by Gasteiger charge is -2.16. The first-order valence-electron chi connectivity index (χ1n) is 14.0. The number of nitrogens with one attached hydrogen (secondary N) is 1. The first-order chi connectivity index (χ1) is 20.7. The maximum atomic E-state index is 10.1. The van der Waals surface area contributed by atoms with E-state index in [1.165, 1.54) is 21.8 Å². The van der Waals surface area contributed by atoms with Crippen LogP contribution < -0.4 is 10.8 Å². The SMILES string of the molecule is OB(O)c1ccc(-n2c3ccccc3c3cc(-n4c5ccccc5c5ccccc54)ccc32)cc1Nc1ccccc1. The normalized spacial score (nSPS) is 11.6. The van der Waals surface area contributed by atoms with Gasteiger partial charge in [0.1, 0.15) is 0 Å². The zero-order valence-corrected chi connectivity index (χ0v) is 22.6. The lowest BCUT2D eigenvalue weighted by Crippen LogP contribution is -2.32. The van der Waals surface area contributed by atoms with E-state index in [1.807, 2.05) is 42.5 Å². The summed E-state index contributed by atoms with van der Waals surface area (Å²) in [5.74, 6) is 0. The molecule has 8 rings (SSSR count). The van der Waals surface area contributed by atoms with Gasteiger partial charge < -0.3 is 24.5 Å². The molecule has 0 unspecified atom stereocenters. The second-order valence-electron chi connectivity index (χ2n) is 10.6.